The van der Waals surface area contributed by atoms with E-state index in [2.05, 4.69) is 74.6 Å². The number of allylic oxidation sites excluding steroid dienone is 10. The monoisotopic (exact) mass is 1260 g/mol. The van der Waals surface area contributed by atoms with Crippen molar-refractivity contribution in [2.75, 3.05) is 47.5 Å². The normalized spacial score (nSPS) is 12.9. The van der Waals surface area contributed by atoms with Crippen molar-refractivity contribution in [1.29, 1.82) is 0 Å². The summed E-state index contributed by atoms with van der Waals surface area (Å²) in [5.41, 5.74) is 0. The maximum atomic E-state index is 13.0. The van der Waals surface area contributed by atoms with Crippen molar-refractivity contribution >= 4 is 17.9 Å². The molecular weight excluding hydrogens is 1110 g/mol. The molecule has 0 N–H and O–H groups in total. The third-order valence-corrected chi connectivity index (χ3v) is 17.5. The molecule has 9 nitrogen and oxygen atoms in total. The fourth-order valence-corrected chi connectivity index (χ4v) is 11.6. The number of rotatable bonds is 73. The molecule has 9 heteroatoms. The van der Waals surface area contributed by atoms with E-state index in [4.69, 9.17) is 18.9 Å². The smallest absolute Gasteiger partial charge is 0.306 e. The fraction of sp³-hybridized carbons (Fsp3) is 0.840. The third-order valence-electron chi connectivity index (χ3n) is 17.5. The van der Waals surface area contributed by atoms with E-state index < -0.39 is 24.3 Å². The number of unbranched alkanes of at least 4 members (excludes halogenated alkanes) is 48. The number of carbonyl (C=O) groups excluding carboxylic acids is 3. The second-order valence-electron chi connectivity index (χ2n) is 27.6. The molecule has 0 aromatic rings. The molecule has 526 valence electrons. The number of aliphatic carboxylic acids is 1. The van der Waals surface area contributed by atoms with Gasteiger partial charge in [-0.2, -0.15) is 0 Å². The van der Waals surface area contributed by atoms with Gasteiger partial charge in [-0.3, -0.25) is 9.59 Å². The maximum absolute atomic E-state index is 13.0. The average molecular weight is 1270 g/mol. The zero-order chi connectivity index (χ0) is 65.4. The van der Waals surface area contributed by atoms with Crippen molar-refractivity contribution in [3.05, 3.63) is 60.8 Å². The number of hydrogen-bond acceptors (Lipinski definition) is 8. The van der Waals surface area contributed by atoms with Crippen LogP contribution >= 0.6 is 0 Å². The number of carboxylic acids is 1. The first-order valence-corrected chi connectivity index (χ1v) is 38.9. The molecule has 0 aromatic heterocycles. The van der Waals surface area contributed by atoms with Crippen molar-refractivity contribution in [3.8, 4) is 0 Å². The Bertz CT molecular complexity index is 1660. The summed E-state index contributed by atoms with van der Waals surface area (Å²) in [6.45, 7) is 4.70. The molecule has 0 rings (SSSR count). The average Bonchev–Trinajstić information content (AvgIpc) is 3.63. The Morgan fingerprint density at radius 3 is 0.944 bits per heavy atom. The van der Waals surface area contributed by atoms with Crippen LogP contribution in [-0.4, -0.2) is 82.3 Å². The molecule has 0 heterocycles. The van der Waals surface area contributed by atoms with Gasteiger partial charge >= 0.3 is 11.9 Å². The van der Waals surface area contributed by atoms with Crippen LogP contribution in [0.3, 0.4) is 0 Å². The topological polar surface area (TPSA) is 111 Å². The molecule has 0 radical (unpaired) electrons. The number of esters is 2. The summed E-state index contributed by atoms with van der Waals surface area (Å²) in [4.78, 5) is 37.6. The van der Waals surface area contributed by atoms with Gasteiger partial charge in [-0.05, 0) is 57.8 Å². The fourth-order valence-electron chi connectivity index (χ4n) is 11.6. The number of carbonyl (C=O) groups is 3. The summed E-state index contributed by atoms with van der Waals surface area (Å²) in [6, 6.07) is 0. The Balaban J connectivity index is 4.00. The van der Waals surface area contributed by atoms with Gasteiger partial charge in [0.1, 0.15) is 13.2 Å². The number of hydrogen-bond donors (Lipinski definition) is 0. The minimum atomic E-state index is -1.62. The Morgan fingerprint density at radius 2 is 0.633 bits per heavy atom. The van der Waals surface area contributed by atoms with Gasteiger partial charge in [0, 0.05) is 12.8 Å². The molecule has 0 spiro atoms. The second-order valence-corrected chi connectivity index (χ2v) is 27.6. The molecule has 2 unspecified atom stereocenters. The van der Waals surface area contributed by atoms with Crippen LogP contribution in [0.2, 0.25) is 0 Å². The highest BCUT2D eigenvalue weighted by Gasteiger charge is 2.22. The highest BCUT2D eigenvalue weighted by molar-refractivity contribution is 5.70. The van der Waals surface area contributed by atoms with Crippen molar-refractivity contribution in [2.24, 2.45) is 0 Å². The Hall–Kier alpha value is -3.01. The summed E-state index contributed by atoms with van der Waals surface area (Å²) in [5.74, 6) is -2.26. The van der Waals surface area contributed by atoms with Crippen LogP contribution in [0.15, 0.2) is 60.8 Å². The van der Waals surface area contributed by atoms with E-state index in [1.165, 1.54) is 283 Å². The molecular formula is C81H149NO8. The van der Waals surface area contributed by atoms with Crippen LogP contribution in [0.5, 0.6) is 0 Å². The van der Waals surface area contributed by atoms with E-state index in [9.17, 15) is 19.5 Å². The van der Waals surface area contributed by atoms with Gasteiger partial charge in [-0.1, -0.05) is 370 Å². The van der Waals surface area contributed by atoms with Gasteiger partial charge in [0.15, 0.2) is 12.4 Å². The highest BCUT2D eigenvalue weighted by Crippen LogP contribution is 2.20. The minimum absolute atomic E-state index is 0.149. The van der Waals surface area contributed by atoms with Crippen molar-refractivity contribution in [2.45, 2.75) is 392 Å². The number of nitrogens with zero attached hydrogens (tertiary/aromatic N) is 1. The van der Waals surface area contributed by atoms with E-state index in [1.807, 2.05) is 21.1 Å². The number of ether oxygens (including phenoxy) is 4. The molecule has 90 heavy (non-hydrogen) atoms. The second kappa shape index (κ2) is 71.8. The van der Waals surface area contributed by atoms with Crippen molar-refractivity contribution in [3.63, 3.8) is 0 Å². The van der Waals surface area contributed by atoms with Crippen LogP contribution in [0.1, 0.15) is 380 Å². The Kier molecular flexibility index (Phi) is 69.4. The molecule has 0 aliphatic heterocycles. The lowest BCUT2D eigenvalue weighted by Gasteiger charge is -2.26. The van der Waals surface area contributed by atoms with E-state index in [1.54, 1.807) is 0 Å². The van der Waals surface area contributed by atoms with Gasteiger partial charge in [0.05, 0.1) is 40.3 Å². The molecule has 0 amide bonds. The number of likely N-dealkylation sites (N-methyl/N-ethyl adjacent to an activating group) is 1. The summed E-state index contributed by atoms with van der Waals surface area (Å²) in [7, 11) is 5.95. The Morgan fingerprint density at radius 1 is 0.344 bits per heavy atom. The predicted octanol–water partition coefficient (Wildman–Crippen LogP) is 23.3. The highest BCUT2D eigenvalue weighted by atomic mass is 16.7. The maximum Gasteiger partial charge on any atom is 0.306 e. The molecule has 0 bridgehead atoms. The molecule has 0 saturated heterocycles. The van der Waals surface area contributed by atoms with E-state index >= 15 is 0 Å². The first-order valence-electron chi connectivity index (χ1n) is 38.9. The lowest BCUT2D eigenvalue weighted by atomic mass is 10.0. The first-order chi connectivity index (χ1) is 44.1. The number of quaternary nitrogens is 1. The van der Waals surface area contributed by atoms with E-state index in [-0.39, 0.29) is 32.2 Å². The van der Waals surface area contributed by atoms with Gasteiger partial charge < -0.3 is 33.3 Å². The zero-order valence-electron chi connectivity index (χ0n) is 60.3. The van der Waals surface area contributed by atoms with Gasteiger partial charge in [-0.25, -0.2) is 0 Å². The van der Waals surface area contributed by atoms with Crippen molar-refractivity contribution in [1.82, 2.24) is 0 Å². The quantitative estimate of drug-likeness (QED) is 0.0195. The lowest BCUT2D eigenvalue weighted by molar-refractivity contribution is -0.870. The van der Waals surface area contributed by atoms with Crippen LogP contribution < -0.4 is 5.11 Å². The van der Waals surface area contributed by atoms with Gasteiger partial charge in [0.25, 0.3) is 0 Å². The van der Waals surface area contributed by atoms with Gasteiger partial charge in [0.2, 0.25) is 0 Å². The van der Waals surface area contributed by atoms with E-state index in [0.717, 1.165) is 64.2 Å². The van der Waals surface area contributed by atoms with Crippen LogP contribution in [-0.2, 0) is 33.3 Å². The van der Waals surface area contributed by atoms with E-state index in [0.29, 0.717) is 23.9 Å². The van der Waals surface area contributed by atoms with Crippen LogP contribution in [0, 0.1) is 0 Å². The standard InChI is InChI=1S/C81H149NO8/c1-6-8-10-12-14-16-18-20-22-24-26-28-30-32-34-36-38-39-40-42-43-45-47-49-51-53-55-57-59-61-63-65-67-69-71-78(83)88-75-77(76-89-81(80(85)86)87-74-73-82(3,4)5)90-79(84)72-70-68-66-64-62-60-58-56-54-52-50-48-46-44-41-37-35-33-31-29-27-25-23-21-19-17-15-13-11-9-7-2/h9,11,15,17,21,23,27,29,33,35,77,81H,6-8,10,12-14,16,18-20,22,24-26,28,30-32,34,36-76H2,1-5H3/b11-9-,17-15-,23-21-,29-27-,35-33-. The summed E-state index contributed by atoms with van der Waals surface area (Å²) < 4.78 is 22.9. The summed E-state index contributed by atoms with van der Waals surface area (Å²) in [5, 5.41) is 11.9. The number of carboxylic acid groups (broad SMARTS) is 1. The Labute approximate surface area is 558 Å². The molecule has 0 saturated carbocycles. The van der Waals surface area contributed by atoms with Crippen LogP contribution in [0.4, 0.5) is 0 Å². The third kappa shape index (κ3) is 72.4. The zero-order valence-corrected chi connectivity index (χ0v) is 60.3. The lowest BCUT2D eigenvalue weighted by Crippen LogP contribution is -2.44. The largest absolute Gasteiger partial charge is 0.545 e. The minimum Gasteiger partial charge on any atom is -0.545 e. The SMILES string of the molecule is CC/C=C\C/C=C\C/C=C\C/C=C\C/C=C\CCCCCCCCCCCCCCCCCC(=O)OC(COC(=O)CCCCCCCCCCCCCCCCCCCCCCCCCCCCCCCCCCCC)COC(OCC[N+](C)(C)C)C(=O)[O-]. The van der Waals surface area contributed by atoms with Crippen molar-refractivity contribution < 1.29 is 42.9 Å². The van der Waals surface area contributed by atoms with Gasteiger partial charge in [-0.15, -0.1) is 0 Å². The summed E-state index contributed by atoms with van der Waals surface area (Å²) >= 11 is 0. The van der Waals surface area contributed by atoms with Crippen LogP contribution in [0.25, 0.3) is 0 Å². The predicted molar refractivity (Wildman–Crippen MR) is 385 cm³/mol. The molecule has 0 aliphatic rings. The molecule has 0 aromatic carbocycles. The molecule has 0 fully saturated rings. The summed E-state index contributed by atoms with van der Waals surface area (Å²) in [6.07, 6.45) is 92.0. The first kappa shape index (κ1) is 87.0. The molecule has 0 aliphatic carbocycles. The molecule has 2 atom stereocenters.